The summed E-state index contributed by atoms with van der Waals surface area (Å²) in [6.07, 6.45) is 0. The Hall–Kier alpha value is -1.37. The van der Waals surface area contributed by atoms with Crippen LogP contribution in [0, 0.1) is 0 Å². The number of nitrogens with two attached hydrogens (primary N) is 1. The number of hydrogen-bond donors (Lipinski definition) is 1. The third-order valence-electron chi connectivity index (χ3n) is 2.18. The zero-order valence-electron chi connectivity index (χ0n) is 9.21. The van der Waals surface area contributed by atoms with Gasteiger partial charge in [0.2, 0.25) is 10.0 Å². The van der Waals surface area contributed by atoms with E-state index in [1.807, 2.05) is 18.2 Å². The van der Waals surface area contributed by atoms with E-state index in [0.717, 1.165) is 4.47 Å². The molecule has 2 rings (SSSR count). The van der Waals surface area contributed by atoms with Crippen molar-refractivity contribution in [3.05, 3.63) is 53.0 Å². The number of primary sulfonamides is 1. The molecule has 4 nitrogen and oxygen atoms in total. The van der Waals surface area contributed by atoms with Crippen molar-refractivity contribution in [1.29, 1.82) is 0 Å². The average Bonchev–Trinajstić information content (AvgIpc) is 2.28. The molecule has 0 spiro atoms. The van der Waals surface area contributed by atoms with E-state index in [9.17, 15) is 8.42 Å². The lowest BCUT2D eigenvalue weighted by molar-refractivity contribution is 0.482. The molecule has 0 aliphatic carbocycles. The van der Waals surface area contributed by atoms with Crippen molar-refractivity contribution in [2.24, 2.45) is 5.14 Å². The van der Waals surface area contributed by atoms with Crippen LogP contribution < -0.4 is 9.88 Å². The molecule has 0 saturated carbocycles. The van der Waals surface area contributed by atoms with E-state index in [2.05, 4.69) is 15.9 Å². The number of halogens is 1. The molecule has 0 bridgehead atoms. The maximum absolute atomic E-state index is 11.1. The highest BCUT2D eigenvalue weighted by Gasteiger charge is 2.07. The van der Waals surface area contributed by atoms with Crippen molar-refractivity contribution >= 4 is 26.0 Å². The first kappa shape index (κ1) is 13.1. The van der Waals surface area contributed by atoms with E-state index >= 15 is 0 Å². The first-order valence-electron chi connectivity index (χ1n) is 5.01. The molecule has 0 heterocycles. The minimum atomic E-state index is -3.66. The second-order valence-corrected chi connectivity index (χ2v) is 6.05. The van der Waals surface area contributed by atoms with Gasteiger partial charge in [0.25, 0.3) is 0 Å². The maximum atomic E-state index is 11.1. The van der Waals surface area contributed by atoms with Gasteiger partial charge in [0.15, 0.2) is 0 Å². The third-order valence-corrected chi connectivity index (χ3v) is 3.61. The summed E-state index contributed by atoms with van der Waals surface area (Å²) in [5.74, 6) is 1.20. The Morgan fingerprint density at radius 3 is 2.22 bits per heavy atom. The molecule has 0 atom stereocenters. The smallest absolute Gasteiger partial charge is 0.238 e. The molecule has 6 heteroatoms. The Morgan fingerprint density at radius 1 is 1.00 bits per heavy atom. The first-order valence-corrected chi connectivity index (χ1v) is 7.35. The second kappa shape index (κ2) is 5.09. The van der Waals surface area contributed by atoms with Crippen molar-refractivity contribution in [1.82, 2.24) is 0 Å². The summed E-state index contributed by atoms with van der Waals surface area (Å²) in [4.78, 5) is 0.0593. The van der Waals surface area contributed by atoms with E-state index in [1.54, 1.807) is 18.2 Å². The van der Waals surface area contributed by atoms with E-state index in [0.29, 0.717) is 11.5 Å². The molecule has 2 N–H and O–H groups in total. The number of ether oxygens (including phenoxy) is 1. The van der Waals surface area contributed by atoms with Gasteiger partial charge in [-0.2, -0.15) is 0 Å². The van der Waals surface area contributed by atoms with Gasteiger partial charge in [0, 0.05) is 4.47 Å². The standard InChI is InChI=1S/C12H10BrNO3S/c13-9-2-1-3-11(8-9)17-10-4-6-12(7-5-10)18(14,15)16/h1-8H,(H2,14,15,16). The number of rotatable bonds is 3. The van der Waals surface area contributed by atoms with E-state index in [-0.39, 0.29) is 4.90 Å². The summed E-state index contributed by atoms with van der Waals surface area (Å²) < 4.78 is 28.6. The Labute approximate surface area is 114 Å². The summed E-state index contributed by atoms with van der Waals surface area (Å²) in [5.41, 5.74) is 0. The van der Waals surface area contributed by atoms with Gasteiger partial charge in [-0.3, -0.25) is 0 Å². The van der Waals surface area contributed by atoms with Gasteiger partial charge in [0.1, 0.15) is 11.5 Å². The van der Waals surface area contributed by atoms with Crippen LogP contribution in [0.5, 0.6) is 11.5 Å². The molecule has 0 aliphatic rings. The zero-order valence-corrected chi connectivity index (χ0v) is 11.6. The highest BCUT2D eigenvalue weighted by molar-refractivity contribution is 9.10. The number of hydrogen-bond acceptors (Lipinski definition) is 3. The highest BCUT2D eigenvalue weighted by atomic mass is 79.9. The summed E-state index contributed by atoms with van der Waals surface area (Å²) in [6, 6.07) is 13.3. The number of sulfonamides is 1. The van der Waals surface area contributed by atoms with E-state index in [4.69, 9.17) is 9.88 Å². The van der Waals surface area contributed by atoms with E-state index < -0.39 is 10.0 Å². The molecule has 0 saturated heterocycles. The van der Waals surface area contributed by atoms with Crippen molar-refractivity contribution < 1.29 is 13.2 Å². The quantitative estimate of drug-likeness (QED) is 0.942. The summed E-state index contributed by atoms with van der Waals surface area (Å²) in [6.45, 7) is 0. The molecule has 0 amide bonds. The van der Waals surface area contributed by atoms with Gasteiger partial charge in [-0.25, -0.2) is 13.6 Å². The third kappa shape index (κ3) is 3.32. The van der Waals surface area contributed by atoms with Crippen molar-refractivity contribution in [3.63, 3.8) is 0 Å². The van der Waals surface area contributed by atoms with Gasteiger partial charge in [-0.05, 0) is 42.5 Å². The summed E-state index contributed by atoms with van der Waals surface area (Å²) >= 11 is 3.34. The molecular formula is C12H10BrNO3S. The van der Waals surface area contributed by atoms with E-state index in [1.165, 1.54) is 12.1 Å². The van der Waals surface area contributed by atoms with Crippen LogP contribution in [-0.4, -0.2) is 8.42 Å². The lowest BCUT2D eigenvalue weighted by Gasteiger charge is -2.06. The molecule has 18 heavy (non-hydrogen) atoms. The predicted molar refractivity (Wildman–Crippen MR) is 72.0 cm³/mol. The minimum Gasteiger partial charge on any atom is -0.457 e. The van der Waals surface area contributed by atoms with Crippen LogP contribution in [0.2, 0.25) is 0 Å². The normalized spacial score (nSPS) is 11.2. The Kier molecular flexibility index (Phi) is 3.70. The van der Waals surface area contributed by atoms with Gasteiger partial charge >= 0.3 is 0 Å². The SMILES string of the molecule is NS(=O)(=O)c1ccc(Oc2cccc(Br)c2)cc1. The van der Waals surface area contributed by atoms with Crippen molar-refractivity contribution in [3.8, 4) is 11.5 Å². The van der Waals surface area contributed by atoms with Crippen LogP contribution in [0.15, 0.2) is 57.9 Å². The minimum absolute atomic E-state index is 0.0593. The second-order valence-electron chi connectivity index (χ2n) is 3.58. The lowest BCUT2D eigenvalue weighted by Crippen LogP contribution is -2.11. The monoisotopic (exact) mass is 327 g/mol. The molecule has 94 valence electrons. The fraction of sp³-hybridized carbons (Fsp3) is 0. The zero-order chi connectivity index (χ0) is 13.2. The molecule has 2 aromatic rings. The molecule has 0 aliphatic heterocycles. The van der Waals surface area contributed by atoms with Crippen molar-refractivity contribution in [2.75, 3.05) is 0 Å². The van der Waals surface area contributed by atoms with Crippen LogP contribution in [0.25, 0.3) is 0 Å². The highest BCUT2D eigenvalue weighted by Crippen LogP contribution is 2.25. The van der Waals surface area contributed by atoms with Gasteiger partial charge in [0.05, 0.1) is 4.90 Å². The van der Waals surface area contributed by atoms with Gasteiger partial charge < -0.3 is 4.74 Å². The van der Waals surface area contributed by atoms with Crippen LogP contribution in [0.3, 0.4) is 0 Å². The Balaban J connectivity index is 2.21. The van der Waals surface area contributed by atoms with Crippen molar-refractivity contribution in [2.45, 2.75) is 4.90 Å². The topological polar surface area (TPSA) is 69.4 Å². The first-order chi connectivity index (χ1) is 8.45. The van der Waals surface area contributed by atoms with Crippen LogP contribution >= 0.6 is 15.9 Å². The molecular weight excluding hydrogens is 318 g/mol. The molecule has 0 fully saturated rings. The van der Waals surface area contributed by atoms with Gasteiger partial charge in [-0.1, -0.05) is 22.0 Å². The summed E-state index contributed by atoms with van der Waals surface area (Å²) in [5, 5.41) is 5.00. The van der Waals surface area contributed by atoms with Crippen LogP contribution in [0.4, 0.5) is 0 Å². The molecule has 0 unspecified atom stereocenters. The molecule has 2 aromatic carbocycles. The van der Waals surface area contributed by atoms with Crippen LogP contribution in [0.1, 0.15) is 0 Å². The lowest BCUT2D eigenvalue weighted by atomic mass is 10.3. The fourth-order valence-corrected chi connectivity index (χ4v) is 2.26. The largest absolute Gasteiger partial charge is 0.457 e. The Morgan fingerprint density at radius 2 is 1.67 bits per heavy atom. The average molecular weight is 328 g/mol. The predicted octanol–water partition coefficient (Wildman–Crippen LogP) is 2.89. The molecule has 0 aromatic heterocycles. The molecule has 0 radical (unpaired) electrons. The van der Waals surface area contributed by atoms with Gasteiger partial charge in [-0.15, -0.1) is 0 Å². The van der Waals surface area contributed by atoms with Crippen LogP contribution in [-0.2, 0) is 10.0 Å². The summed E-state index contributed by atoms with van der Waals surface area (Å²) in [7, 11) is -3.66. The number of benzene rings is 2. The maximum Gasteiger partial charge on any atom is 0.238 e. The fourth-order valence-electron chi connectivity index (χ4n) is 1.36. The Bertz CT molecular complexity index is 653.